The van der Waals surface area contributed by atoms with Crippen molar-refractivity contribution in [3.8, 4) is 0 Å². The molecular formula is C20H22N2O3. The number of urea groups is 1. The lowest BCUT2D eigenvalue weighted by Gasteiger charge is -2.39. The quantitative estimate of drug-likeness (QED) is 0.915. The van der Waals surface area contributed by atoms with Gasteiger partial charge in [0.2, 0.25) is 0 Å². The summed E-state index contributed by atoms with van der Waals surface area (Å²) < 4.78 is 0. The van der Waals surface area contributed by atoms with Crippen molar-refractivity contribution in [1.29, 1.82) is 0 Å². The number of likely N-dealkylation sites (tertiary alicyclic amines) is 1. The molecule has 1 aliphatic rings. The SMILES string of the molecule is CC1CCC(C(=O)O)CN1C(=O)N(c1ccccc1)c1ccccc1. The molecule has 5 heteroatoms. The lowest BCUT2D eigenvalue weighted by molar-refractivity contribution is -0.143. The first-order valence-corrected chi connectivity index (χ1v) is 8.51. The second kappa shape index (κ2) is 7.38. The Morgan fingerprint density at radius 2 is 1.48 bits per heavy atom. The maximum atomic E-state index is 13.3. The molecule has 0 spiro atoms. The van der Waals surface area contributed by atoms with Gasteiger partial charge in [0.25, 0.3) is 0 Å². The zero-order chi connectivity index (χ0) is 17.8. The second-order valence-electron chi connectivity index (χ2n) is 6.40. The standard InChI is InChI=1S/C20H22N2O3/c1-15-12-13-16(19(23)24)14-21(15)20(25)22(17-8-4-2-5-9-17)18-10-6-3-7-11-18/h2-11,15-16H,12-14H2,1H3,(H,23,24). The fraction of sp³-hybridized carbons (Fsp3) is 0.300. The van der Waals surface area contributed by atoms with E-state index in [1.807, 2.05) is 67.6 Å². The predicted molar refractivity (Wildman–Crippen MR) is 96.9 cm³/mol. The van der Waals surface area contributed by atoms with E-state index < -0.39 is 11.9 Å². The van der Waals surface area contributed by atoms with E-state index >= 15 is 0 Å². The van der Waals surface area contributed by atoms with Crippen LogP contribution in [0, 0.1) is 5.92 Å². The van der Waals surface area contributed by atoms with Crippen LogP contribution in [0.2, 0.25) is 0 Å². The Hall–Kier alpha value is -2.82. The van der Waals surface area contributed by atoms with Crippen LogP contribution in [0.25, 0.3) is 0 Å². The van der Waals surface area contributed by atoms with E-state index in [9.17, 15) is 14.7 Å². The molecule has 2 atom stereocenters. The molecule has 1 saturated heterocycles. The number of hydrogen-bond acceptors (Lipinski definition) is 2. The number of carboxylic acids is 1. The van der Waals surface area contributed by atoms with Crippen molar-refractivity contribution in [3.63, 3.8) is 0 Å². The van der Waals surface area contributed by atoms with E-state index in [0.717, 1.165) is 11.4 Å². The topological polar surface area (TPSA) is 60.9 Å². The van der Waals surface area contributed by atoms with Gasteiger partial charge in [0.15, 0.2) is 0 Å². The monoisotopic (exact) mass is 338 g/mol. The Morgan fingerprint density at radius 3 is 1.96 bits per heavy atom. The fourth-order valence-corrected chi connectivity index (χ4v) is 3.23. The third-order valence-electron chi connectivity index (χ3n) is 4.70. The van der Waals surface area contributed by atoms with E-state index in [0.29, 0.717) is 12.8 Å². The van der Waals surface area contributed by atoms with Crippen LogP contribution >= 0.6 is 0 Å². The lowest BCUT2D eigenvalue weighted by atomic mass is 9.94. The molecule has 1 fully saturated rings. The van der Waals surface area contributed by atoms with Gasteiger partial charge in [0.1, 0.15) is 0 Å². The van der Waals surface area contributed by atoms with Crippen molar-refractivity contribution >= 4 is 23.4 Å². The number of para-hydroxylation sites is 2. The maximum absolute atomic E-state index is 13.3. The minimum absolute atomic E-state index is 0.0121. The van der Waals surface area contributed by atoms with Crippen molar-refractivity contribution < 1.29 is 14.7 Å². The van der Waals surface area contributed by atoms with Crippen LogP contribution < -0.4 is 4.90 Å². The Labute approximate surface area is 147 Å². The van der Waals surface area contributed by atoms with Crippen LogP contribution in [0.1, 0.15) is 19.8 Å². The predicted octanol–water partition coefficient (Wildman–Crippen LogP) is 4.13. The first-order valence-electron chi connectivity index (χ1n) is 8.51. The van der Waals surface area contributed by atoms with Gasteiger partial charge in [0.05, 0.1) is 17.3 Å². The fourth-order valence-electron chi connectivity index (χ4n) is 3.23. The highest BCUT2D eigenvalue weighted by molar-refractivity contribution is 5.99. The zero-order valence-corrected chi connectivity index (χ0v) is 14.2. The molecule has 25 heavy (non-hydrogen) atoms. The maximum Gasteiger partial charge on any atom is 0.329 e. The summed E-state index contributed by atoms with van der Waals surface area (Å²) >= 11 is 0. The third-order valence-corrected chi connectivity index (χ3v) is 4.70. The Balaban J connectivity index is 1.95. The Kier molecular flexibility index (Phi) is 5.03. The molecule has 130 valence electrons. The van der Waals surface area contributed by atoms with Crippen molar-refractivity contribution in [3.05, 3.63) is 60.7 Å². The zero-order valence-electron chi connectivity index (χ0n) is 14.2. The molecule has 5 nitrogen and oxygen atoms in total. The van der Waals surface area contributed by atoms with Crippen LogP contribution in [0.3, 0.4) is 0 Å². The van der Waals surface area contributed by atoms with Crippen LogP contribution in [0.5, 0.6) is 0 Å². The largest absolute Gasteiger partial charge is 0.481 e. The number of benzene rings is 2. The van der Waals surface area contributed by atoms with Crippen LogP contribution in [-0.2, 0) is 4.79 Å². The first kappa shape index (κ1) is 17.0. The van der Waals surface area contributed by atoms with Gasteiger partial charge in [-0.05, 0) is 44.0 Å². The summed E-state index contributed by atoms with van der Waals surface area (Å²) in [4.78, 5) is 28.1. The van der Waals surface area contributed by atoms with Gasteiger partial charge in [-0.15, -0.1) is 0 Å². The number of aliphatic carboxylic acids is 1. The van der Waals surface area contributed by atoms with E-state index in [1.54, 1.807) is 9.80 Å². The normalized spacial score (nSPS) is 20.1. The number of piperidine rings is 1. The van der Waals surface area contributed by atoms with Crippen LogP contribution in [0.15, 0.2) is 60.7 Å². The molecule has 0 bridgehead atoms. The number of rotatable bonds is 3. The Morgan fingerprint density at radius 1 is 0.960 bits per heavy atom. The molecule has 3 rings (SSSR count). The minimum Gasteiger partial charge on any atom is -0.481 e. The van der Waals surface area contributed by atoms with Gasteiger partial charge in [-0.25, -0.2) is 4.79 Å². The summed E-state index contributed by atoms with van der Waals surface area (Å²) in [6.07, 6.45) is 1.30. The second-order valence-corrected chi connectivity index (χ2v) is 6.40. The highest BCUT2D eigenvalue weighted by Gasteiger charge is 2.35. The molecule has 0 aromatic heterocycles. The Bertz CT molecular complexity index is 694. The van der Waals surface area contributed by atoms with Crippen molar-refractivity contribution in [1.82, 2.24) is 4.90 Å². The molecule has 2 aromatic rings. The highest BCUT2D eigenvalue weighted by atomic mass is 16.4. The van der Waals surface area contributed by atoms with E-state index in [2.05, 4.69) is 0 Å². The molecule has 0 aliphatic carbocycles. The summed E-state index contributed by atoms with van der Waals surface area (Å²) in [6, 6.07) is 18.7. The van der Waals surface area contributed by atoms with Crippen molar-refractivity contribution in [2.24, 2.45) is 5.92 Å². The van der Waals surface area contributed by atoms with Gasteiger partial charge in [-0.2, -0.15) is 0 Å². The van der Waals surface area contributed by atoms with E-state index in [4.69, 9.17) is 0 Å². The molecule has 0 saturated carbocycles. The van der Waals surface area contributed by atoms with Gasteiger partial charge < -0.3 is 10.0 Å². The summed E-state index contributed by atoms with van der Waals surface area (Å²) in [7, 11) is 0. The number of carbonyl (C=O) groups excluding carboxylic acids is 1. The van der Waals surface area contributed by atoms with Crippen molar-refractivity contribution in [2.75, 3.05) is 11.4 Å². The number of carboxylic acid groups (broad SMARTS) is 1. The smallest absolute Gasteiger partial charge is 0.329 e. The number of hydrogen-bond donors (Lipinski definition) is 1. The average Bonchev–Trinajstić information content (AvgIpc) is 2.64. The number of anilines is 2. The molecule has 1 N–H and O–H groups in total. The van der Waals surface area contributed by atoms with E-state index in [-0.39, 0.29) is 18.6 Å². The van der Waals surface area contributed by atoms with Gasteiger partial charge >= 0.3 is 12.0 Å². The molecule has 2 unspecified atom stereocenters. The number of carbonyl (C=O) groups is 2. The number of amides is 2. The first-order chi connectivity index (χ1) is 12.1. The summed E-state index contributed by atoms with van der Waals surface area (Å²) in [5, 5.41) is 9.35. The number of nitrogens with zero attached hydrogens (tertiary/aromatic N) is 2. The summed E-state index contributed by atoms with van der Waals surface area (Å²) in [6.45, 7) is 2.22. The van der Waals surface area contributed by atoms with Crippen LogP contribution in [-0.4, -0.2) is 34.6 Å². The molecule has 0 radical (unpaired) electrons. The third kappa shape index (κ3) is 3.65. The highest BCUT2D eigenvalue weighted by Crippen LogP contribution is 2.30. The molecule has 2 aromatic carbocycles. The van der Waals surface area contributed by atoms with Crippen LogP contribution in [0.4, 0.5) is 16.2 Å². The van der Waals surface area contributed by atoms with Crippen molar-refractivity contribution in [2.45, 2.75) is 25.8 Å². The van der Waals surface area contributed by atoms with Gasteiger partial charge in [-0.1, -0.05) is 36.4 Å². The molecule has 2 amide bonds. The average molecular weight is 338 g/mol. The van der Waals surface area contributed by atoms with Gasteiger partial charge in [0, 0.05) is 12.6 Å². The summed E-state index contributed by atoms with van der Waals surface area (Å²) in [5.74, 6) is -1.34. The minimum atomic E-state index is -0.837. The van der Waals surface area contributed by atoms with E-state index in [1.165, 1.54) is 0 Å². The molecular weight excluding hydrogens is 316 g/mol. The summed E-state index contributed by atoms with van der Waals surface area (Å²) in [5.41, 5.74) is 1.53. The molecule has 1 heterocycles. The molecule has 1 aliphatic heterocycles. The lowest BCUT2D eigenvalue weighted by Crippen LogP contribution is -2.51. The van der Waals surface area contributed by atoms with Gasteiger partial charge in [-0.3, -0.25) is 9.69 Å².